The molecule has 2 fully saturated rings. The van der Waals surface area contributed by atoms with Crippen LogP contribution >= 0.6 is 0 Å². The van der Waals surface area contributed by atoms with Crippen molar-refractivity contribution >= 4 is 17.6 Å². The molecule has 0 atom stereocenters. The van der Waals surface area contributed by atoms with Crippen molar-refractivity contribution in [2.24, 2.45) is 22.6 Å². The van der Waals surface area contributed by atoms with Crippen LogP contribution < -0.4 is 11.5 Å². The predicted octanol–water partition coefficient (Wildman–Crippen LogP) is 2.17. The zero-order valence-corrected chi connectivity index (χ0v) is 14.3. The van der Waals surface area contributed by atoms with Crippen molar-refractivity contribution in [1.29, 1.82) is 0 Å². The highest BCUT2D eigenvalue weighted by Crippen LogP contribution is 2.40. The Morgan fingerprint density at radius 2 is 1.92 bits per heavy atom. The number of likely N-dealkylation sites (N-methyl/N-ethyl adjacent to an activating group) is 1. The maximum absolute atomic E-state index is 6.14. The van der Waals surface area contributed by atoms with Crippen LogP contribution in [0.3, 0.4) is 0 Å². The molecule has 0 spiro atoms. The Hall–Kier alpha value is -2.11. The molecule has 4 N–H and O–H groups in total. The third kappa shape index (κ3) is 2.97. The van der Waals surface area contributed by atoms with Crippen molar-refractivity contribution in [1.82, 2.24) is 14.9 Å². The lowest BCUT2D eigenvalue weighted by Crippen LogP contribution is -2.39. The second-order valence-corrected chi connectivity index (χ2v) is 7.42. The summed E-state index contributed by atoms with van der Waals surface area (Å²) >= 11 is 0. The summed E-state index contributed by atoms with van der Waals surface area (Å²) in [5.41, 5.74) is 16.5. The van der Waals surface area contributed by atoms with Crippen molar-refractivity contribution in [2.45, 2.75) is 44.9 Å². The van der Waals surface area contributed by atoms with E-state index in [1.807, 2.05) is 18.1 Å². The molecule has 0 unspecified atom stereocenters. The second kappa shape index (κ2) is 6.07. The van der Waals surface area contributed by atoms with Crippen molar-refractivity contribution in [3.05, 3.63) is 23.0 Å². The molecule has 3 aliphatic rings. The molecule has 0 bridgehead atoms. The summed E-state index contributed by atoms with van der Waals surface area (Å²) in [7, 11) is 2.01. The van der Waals surface area contributed by atoms with E-state index in [0.29, 0.717) is 17.8 Å². The smallest absolute Gasteiger partial charge is 0.220 e. The molecule has 1 aromatic rings. The standard InChI is InChI=1S/C18H26N6/c1-24-10-14(12-4-2-3-5-12)16(23-18(24)20)13-9-21-17(19)22-15(13)8-11-6-7-11/h9,11-12H,2-8,10H2,1H3,(H2,20,23)(H2,19,21,22). The summed E-state index contributed by atoms with van der Waals surface area (Å²) in [6.45, 7) is 0.850. The topological polar surface area (TPSA) is 93.4 Å². The number of aliphatic imine (C=N–C) groups is 1. The van der Waals surface area contributed by atoms with Crippen LogP contribution in [0.5, 0.6) is 0 Å². The van der Waals surface area contributed by atoms with Crippen LogP contribution in [-0.4, -0.2) is 34.4 Å². The zero-order chi connectivity index (χ0) is 16.7. The second-order valence-electron chi connectivity index (χ2n) is 7.42. The lowest BCUT2D eigenvalue weighted by molar-refractivity contribution is 0.487. The minimum atomic E-state index is 0.349. The Labute approximate surface area is 143 Å². The van der Waals surface area contributed by atoms with Crippen LogP contribution in [-0.2, 0) is 6.42 Å². The molecule has 1 aliphatic heterocycles. The van der Waals surface area contributed by atoms with Gasteiger partial charge >= 0.3 is 0 Å². The van der Waals surface area contributed by atoms with Gasteiger partial charge in [-0.05, 0) is 49.5 Å². The lowest BCUT2D eigenvalue weighted by Gasteiger charge is -2.30. The average molecular weight is 326 g/mol. The van der Waals surface area contributed by atoms with E-state index in [1.165, 1.54) is 44.1 Å². The van der Waals surface area contributed by atoms with E-state index in [4.69, 9.17) is 16.5 Å². The molecule has 2 saturated carbocycles. The molecule has 1 aromatic heterocycles. The summed E-state index contributed by atoms with van der Waals surface area (Å²) in [5.74, 6) is 2.26. The number of nitrogen functional groups attached to an aromatic ring is 1. The first-order valence-corrected chi connectivity index (χ1v) is 9.02. The number of guanidine groups is 1. The van der Waals surface area contributed by atoms with Crippen LogP contribution in [0.15, 0.2) is 16.8 Å². The van der Waals surface area contributed by atoms with Gasteiger partial charge in [-0.2, -0.15) is 0 Å². The van der Waals surface area contributed by atoms with Gasteiger partial charge in [0.15, 0.2) is 5.96 Å². The minimum Gasteiger partial charge on any atom is -0.369 e. The summed E-state index contributed by atoms with van der Waals surface area (Å²) < 4.78 is 0. The maximum Gasteiger partial charge on any atom is 0.220 e. The number of hydrogen-bond acceptors (Lipinski definition) is 6. The van der Waals surface area contributed by atoms with E-state index in [1.54, 1.807) is 0 Å². The summed E-state index contributed by atoms with van der Waals surface area (Å²) in [6.07, 6.45) is 10.5. The van der Waals surface area contributed by atoms with E-state index in [2.05, 4.69) is 9.97 Å². The Kier molecular flexibility index (Phi) is 3.90. The van der Waals surface area contributed by atoms with Crippen molar-refractivity contribution < 1.29 is 0 Å². The predicted molar refractivity (Wildman–Crippen MR) is 96.0 cm³/mol. The number of hydrogen-bond donors (Lipinski definition) is 2. The highest BCUT2D eigenvalue weighted by atomic mass is 15.2. The normalized spacial score (nSPS) is 22.2. The summed E-state index contributed by atoms with van der Waals surface area (Å²) in [4.78, 5) is 15.6. The fourth-order valence-corrected chi connectivity index (χ4v) is 3.89. The van der Waals surface area contributed by atoms with Crippen LogP contribution in [0, 0.1) is 11.8 Å². The van der Waals surface area contributed by atoms with E-state index in [-0.39, 0.29) is 0 Å². The first-order chi connectivity index (χ1) is 11.6. The summed E-state index contributed by atoms with van der Waals surface area (Å²) in [6, 6.07) is 0. The van der Waals surface area contributed by atoms with Gasteiger partial charge in [-0.25, -0.2) is 15.0 Å². The van der Waals surface area contributed by atoms with Crippen molar-refractivity contribution in [2.75, 3.05) is 19.3 Å². The minimum absolute atomic E-state index is 0.349. The highest BCUT2D eigenvalue weighted by molar-refractivity contribution is 5.89. The Bertz CT molecular complexity index is 697. The molecule has 4 rings (SSSR count). The zero-order valence-electron chi connectivity index (χ0n) is 14.3. The van der Waals surface area contributed by atoms with E-state index in [0.717, 1.165) is 35.8 Å². The third-order valence-electron chi connectivity index (χ3n) is 5.50. The quantitative estimate of drug-likeness (QED) is 0.884. The van der Waals surface area contributed by atoms with E-state index >= 15 is 0 Å². The fourth-order valence-electron chi connectivity index (χ4n) is 3.89. The van der Waals surface area contributed by atoms with Gasteiger partial charge in [0.1, 0.15) is 0 Å². The molecule has 2 aliphatic carbocycles. The van der Waals surface area contributed by atoms with Gasteiger partial charge < -0.3 is 16.4 Å². The van der Waals surface area contributed by atoms with Gasteiger partial charge in [0, 0.05) is 25.4 Å². The van der Waals surface area contributed by atoms with Gasteiger partial charge in [0.05, 0.1) is 11.4 Å². The van der Waals surface area contributed by atoms with E-state index in [9.17, 15) is 0 Å². The van der Waals surface area contributed by atoms with Gasteiger partial charge in [-0.3, -0.25) is 0 Å². The van der Waals surface area contributed by atoms with Crippen LogP contribution in [0.2, 0.25) is 0 Å². The monoisotopic (exact) mass is 326 g/mol. The first kappa shape index (κ1) is 15.4. The van der Waals surface area contributed by atoms with Crippen LogP contribution in [0.1, 0.15) is 49.8 Å². The van der Waals surface area contributed by atoms with Crippen LogP contribution in [0.4, 0.5) is 5.95 Å². The number of nitrogens with two attached hydrogens (primary N) is 2. The third-order valence-corrected chi connectivity index (χ3v) is 5.50. The number of aromatic nitrogens is 2. The molecule has 0 radical (unpaired) electrons. The SMILES string of the molecule is CN1CC(C2CCCC2)=C(c2cnc(N)nc2CC2CC2)N=C1N. The highest BCUT2D eigenvalue weighted by Gasteiger charge is 2.30. The molecule has 2 heterocycles. The lowest BCUT2D eigenvalue weighted by atomic mass is 9.91. The largest absolute Gasteiger partial charge is 0.369 e. The number of anilines is 1. The number of rotatable bonds is 4. The van der Waals surface area contributed by atoms with Gasteiger partial charge in [0.2, 0.25) is 5.95 Å². The van der Waals surface area contributed by atoms with E-state index < -0.39 is 0 Å². The molecular weight excluding hydrogens is 300 g/mol. The molecule has 6 heteroatoms. The molecule has 128 valence electrons. The summed E-state index contributed by atoms with van der Waals surface area (Å²) in [5, 5.41) is 0. The Morgan fingerprint density at radius 3 is 2.62 bits per heavy atom. The van der Waals surface area contributed by atoms with Crippen molar-refractivity contribution in [3.8, 4) is 0 Å². The molecular formula is C18H26N6. The van der Waals surface area contributed by atoms with Gasteiger partial charge in [-0.1, -0.05) is 12.8 Å². The Morgan fingerprint density at radius 1 is 1.17 bits per heavy atom. The first-order valence-electron chi connectivity index (χ1n) is 9.02. The van der Waals surface area contributed by atoms with Crippen molar-refractivity contribution in [3.63, 3.8) is 0 Å². The van der Waals surface area contributed by atoms with Crippen LogP contribution in [0.25, 0.3) is 5.70 Å². The molecule has 24 heavy (non-hydrogen) atoms. The maximum atomic E-state index is 6.14. The van der Waals surface area contributed by atoms with Gasteiger partial charge in [-0.15, -0.1) is 0 Å². The fraction of sp³-hybridized carbons (Fsp3) is 0.611. The average Bonchev–Trinajstić information content (AvgIpc) is 3.20. The molecule has 6 nitrogen and oxygen atoms in total. The molecule has 0 aromatic carbocycles. The Balaban J connectivity index is 1.80. The number of nitrogens with zero attached hydrogens (tertiary/aromatic N) is 4. The van der Waals surface area contributed by atoms with Gasteiger partial charge in [0.25, 0.3) is 0 Å². The molecule has 0 amide bonds. The molecule has 0 saturated heterocycles.